The van der Waals surface area contributed by atoms with Gasteiger partial charge in [0.05, 0.1) is 5.69 Å². The van der Waals surface area contributed by atoms with Gasteiger partial charge in [-0.1, -0.05) is 0 Å². The van der Waals surface area contributed by atoms with E-state index in [-0.39, 0.29) is 0 Å². The molecule has 0 radical (unpaired) electrons. The lowest BCUT2D eigenvalue weighted by Gasteiger charge is -2.19. The number of aromatic nitrogens is 2. The maximum absolute atomic E-state index is 4.45. The third-order valence-corrected chi connectivity index (χ3v) is 3.47. The molecule has 2 aliphatic rings. The summed E-state index contributed by atoms with van der Waals surface area (Å²) in [4.78, 5) is 11.3. The predicted molar refractivity (Wildman–Crippen MR) is 60.2 cm³/mol. The number of hydrogen-bond acceptors (Lipinski definition) is 3. The van der Waals surface area contributed by atoms with Crippen LogP contribution in [0.1, 0.15) is 42.9 Å². The van der Waals surface area contributed by atoms with Crippen LogP contribution in [0.2, 0.25) is 0 Å². The zero-order valence-corrected chi connectivity index (χ0v) is 9.24. The highest BCUT2D eigenvalue weighted by molar-refractivity contribution is 5.49. The van der Waals surface area contributed by atoms with E-state index in [0.29, 0.717) is 0 Å². The van der Waals surface area contributed by atoms with Crippen LogP contribution in [-0.2, 0) is 0 Å². The molecule has 1 aromatic rings. The van der Waals surface area contributed by atoms with Gasteiger partial charge in [-0.2, -0.15) is 0 Å². The van der Waals surface area contributed by atoms with E-state index >= 15 is 0 Å². The van der Waals surface area contributed by atoms with Crippen LogP contribution in [0.4, 0.5) is 5.82 Å². The van der Waals surface area contributed by atoms with E-state index < -0.39 is 0 Å². The van der Waals surface area contributed by atoms with Crippen LogP contribution in [0.5, 0.6) is 0 Å². The van der Waals surface area contributed by atoms with Crippen molar-refractivity contribution in [2.75, 3.05) is 18.0 Å². The monoisotopic (exact) mass is 203 g/mol. The molecule has 1 aliphatic heterocycles. The Kier molecular flexibility index (Phi) is 2.11. The fourth-order valence-corrected chi connectivity index (χ4v) is 2.47. The van der Waals surface area contributed by atoms with E-state index in [2.05, 4.69) is 21.8 Å². The third-order valence-electron chi connectivity index (χ3n) is 3.47. The molecular weight excluding hydrogens is 186 g/mol. The highest BCUT2D eigenvalue weighted by Gasteiger charge is 2.28. The van der Waals surface area contributed by atoms with Crippen molar-refractivity contribution in [3.8, 4) is 0 Å². The first-order valence-corrected chi connectivity index (χ1v) is 5.92. The maximum Gasteiger partial charge on any atom is 0.135 e. The SMILES string of the molecule is Cc1c(C2CC2)ncnc1N1CCCC1. The molecule has 0 atom stereocenters. The summed E-state index contributed by atoms with van der Waals surface area (Å²) in [6.45, 7) is 4.52. The molecule has 0 bridgehead atoms. The Labute approximate surface area is 90.5 Å². The van der Waals surface area contributed by atoms with Crippen molar-refractivity contribution in [1.29, 1.82) is 0 Å². The second-order valence-corrected chi connectivity index (χ2v) is 4.68. The second-order valence-electron chi connectivity index (χ2n) is 4.68. The van der Waals surface area contributed by atoms with Crippen LogP contribution in [0.3, 0.4) is 0 Å². The van der Waals surface area contributed by atoms with Gasteiger partial charge in [-0.05, 0) is 32.6 Å². The van der Waals surface area contributed by atoms with Gasteiger partial charge in [-0.15, -0.1) is 0 Å². The van der Waals surface area contributed by atoms with Crippen molar-refractivity contribution >= 4 is 5.82 Å². The molecule has 3 nitrogen and oxygen atoms in total. The Morgan fingerprint density at radius 3 is 2.60 bits per heavy atom. The molecule has 0 N–H and O–H groups in total. The molecule has 15 heavy (non-hydrogen) atoms. The molecule has 80 valence electrons. The van der Waals surface area contributed by atoms with E-state index in [1.54, 1.807) is 6.33 Å². The summed E-state index contributed by atoms with van der Waals surface area (Å²) in [5, 5.41) is 0. The Bertz CT molecular complexity index is 365. The minimum atomic E-state index is 0.731. The fraction of sp³-hybridized carbons (Fsp3) is 0.667. The number of nitrogens with zero attached hydrogens (tertiary/aromatic N) is 3. The van der Waals surface area contributed by atoms with Crippen LogP contribution >= 0.6 is 0 Å². The van der Waals surface area contributed by atoms with E-state index in [0.717, 1.165) is 5.92 Å². The minimum Gasteiger partial charge on any atom is -0.356 e. The average Bonchev–Trinajstić information content (AvgIpc) is 2.94. The lowest BCUT2D eigenvalue weighted by Crippen LogP contribution is -2.21. The molecule has 1 aliphatic carbocycles. The molecule has 3 heteroatoms. The molecular formula is C12H17N3. The summed E-state index contributed by atoms with van der Waals surface area (Å²) in [5.74, 6) is 1.92. The first-order chi connectivity index (χ1) is 7.36. The summed E-state index contributed by atoms with van der Waals surface area (Å²) in [6, 6.07) is 0. The van der Waals surface area contributed by atoms with Gasteiger partial charge in [-0.3, -0.25) is 0 Å². The smallest absolute Gasteiger partial charge is 0.135 e. The highest BCUT2D eigenvalue weighted by atomic mass is 15.2. The molecule has 0 unspecified atom stereocenters. The summed E-state index contributed by atoms with van der Waals surface area (Å²) in [7, 11) is 0. The zero-order valence-electron chi connectivity index (χ0n) is 9.24. The normalized spacial score (nSPS) is 21.0. The summed E-state index contributed by atoms with van der Waals surface area (Å²) in [5.41, 5.74) is 2.62. The van der Waals surface area contributed by atoms with Crippen LogP contribution in [-0.4, -0.2) is 23.1 Å². The predicted octanol–water partition coefficient (Wildman–Crippen LogP) is 2.26. The van der Waals surface area contributed by atoms with E-state index in [1.165, 1.54) is 55.8 Å². The van der Waals surface area contributed by atoms with Crippen molar-refractivity contribution in [2.24, 2.45) is 0 Å². The van der Waals surface area contributed by atoms with Gasteiger partial charge in [0, 0.05) is 24.6 Å². The molecule has 3 rings (SSSR count). The quantitative estimate of drug-likeness (QED) is 0.738. The van der Waals surface area contributed by atoms with E-state index in [4.69, 9.17) is 0 Å². The second kappa shape index (κ2) is 3.47. The highest BCUT2D eigenvalue weighted by Crippen LogP contribution is 2.41. The topological polar surface area (TPSA) is 29.0 Å². The zero-order chi connectivity index (χ0) is 10.3. The molecule has 0 amide bonds. The molecule has 1 saturated heterocycles. The van der Waals surface area contributed by atoms with Gasteiger partial charge < -0.3 is 4.90 Å². The van der Waals surface area contributed by atoms with Crippen LogP contribution < -0.4 is 4.90 Å². The van der Waals surface area contributed by atoms with Gasteiger partial charge in [0.15, 0.2) is 0 Å². The summed E-state index contributed by atoms with van der Waals surface area (Å²) < 4.78 is 0. The van der Waals surface area contributed by atoms with E-state index in [1.807, 2.05) is 0 Å². The van der Waals surface area contributed by atoms with Crippen molar-refractivity contribution in [3.63, 3.8) is 0 Å². The minimum absolute atomic E-state index is 0.731. The lowest BCUT2D eigenvalue weighted by molar-refractivity contribution is 0.884. The lowest BCUT2D eigenvalue weighted by atomic mass is 10.1. The molecule has 2 heterocycles. The van der Waals surface area contributed by atoms with E-state index in [9.17, 15) is 0 Å². The Morgan fingerprint density at radius 2 is 1.93 bits per heavy atom. The molecule has 0 aromatic carbocycles. The standard InChI is InChI=1S/C12H17N3/c1-9-11(10-4-5-10)13-8-14-12(9)15-6-2-3-7-15/h8,10H,2-7H2,1H3. The summed E-state index contributed by atoms with van der Waals surface area (Å²) in [6.07, 6.45) is 6.99. The number of rotatable bonds is 2. The number of anilines is 1. The Balaban J connectivity index is 1.95. The molecule has 1 aromatic heterocycles. The average molecular weight is 203 g/mol. The number of hydrogen-bond donors (Lipinski definition) is 0. The van der Waals surface area contributed by atoms with Crippen molar-refractivity contribution in [1.82, 2.24) is 9.97 Å². The van der Waals surface area contributed by atoms with Gasteiger partial charge in [0.25, 0.3) is 0 Å². The molecule has 1 saturated carbocycles. The van der Waals surface area contributed by atoms with Crippen LogP contribution in [0, 0.1) is 6.92 Å². The summed E-state index contributed by atoms with van der Waals surface area (Å²) >= 11 is 0. The first-order valence-electron chi connectivity index (χ1n) is 5.92. The van der Waals surface area contributed by atoms with Gasteiger partial charge >= 0.3 is 0 Å². The van der Waals surface area contributed by atoms with Crippen molar-refractivity contribution < 1.29 is 0 Å². The third kappa shape index (κ3) is 1.60. The van der Waals surface area contributed by atoms with Gasteiger partial charge in [0.1, 0.15) is 12.1 Å². The molecule has 0 spiro atoms. The first kappa shape index (κ1) is 9.13. The Morgan fingerprint density at radius 1 is 1.20 bits per heavy atom. The van der Waals surface area contributed by atoms with Crippen molar-refractivity contribution in [2.45, 2.75) is 38.5 Å². The largest absolute Gasteiger partial charge is 0.356 e. The van der Waals surface area contributed by atoms with Crippen molar-refractivity contribution in [3.05, 3.63) is 17.6 Å². The van der Waals surface area contributed by atoms with Gasteiger partial charge in [0.2, 0.25) is 0 Å². The van der Waals surface area contributed by atoms with Gasteiger partial charge in [-0.25, -0.2) is 9.97 Å². The maximum atomic E-state index is 4.45. The fourth-order valence-electron chi connectivity index (χ4n) is 2.47. The van der Waals surface area contributed by atoms with Crippen LogP contribution in [0.25, 0.3) is 0 Å². The molecule has 2 fully saturated rings. The Hall–Kier alpha value is -1.12. The van der Waals surface area contributed by atoms with Crippen LogP contribution in [0.15, 0.2) is 6.33 Å².